The van der Waals surface area contributed by atoms with Crippen LogP contribution in [0.3, 0.4) is 0 Å². The summed E-state index contributed by atoms with van der Waals surface area (Å²) in [5.74, 6) is -1.19. The molecule has 0 fully saturated rings. The number of nitriles is 1. The zero-order valence-electron chi connectivity index (χ0n) is 9.48. The van der Waals surface area contributed by atoms with Crippen molar-refractivity contribution in [3.8, 4) is 11.8 Å². The molecular weight excluding hydrogens is 250 g/mol. The summed E-state index contributed by atoms with van der Waals surface area (Å²) in [5.41, 5.74) is -0.118. The summed E-state index contributed by atoms with van der Waals surface area (Å²) in [4.78, 5) is 21.3. The molecule has 1 aromatic heterocycles. The fourth-order valence-corrected chi connectivity index (χ4v) is 1.69. The van der Waals surface area contributed by atoms with Crippen LogP contribution in [0.4, 0.5) is 5.69 Å². The number of carboxylic acid groups (broad SMARTS) is 1. The highest BCUT2D eigenvalue weighted by atomic mass is 16.6. The monoisotopic (exact) mass is 257 g/mol. The van der Waals surface area contributed by atoms with Crippen LogP contribution in [-0.4, -0.2) is 20.6 Å². The van der Waals surface area contributed by atoms with Gasteiger partial charge in [0.05, 0.1) is 10.5 Å². The van der Waals surface area contributed by atoms with Crippen molar-refractivity contribution in [3.05, 3.63) is 57.9 Å². The van der Waals surface area contributed by atoms with Crippen molar-refractivity contribution in [3.63, 3.8) is 0 Å². The topological polar surface area (TPSA) is 109 Å². The second-order valence-electron chi connectivity index (χ2n) is 3.64. The predicted octanol–water partition coefficient (Wildman–Crippen LogP) is 1.96. The Morgan fingerprint density at radius 2 is 2.16 bits per heavy atom. The number of carboxylic acids is 1. The predicted molar refractivity (Wildman–Crippen MR) is 64.1 cm³/mol. The van der Waals surface area contributed by atoms with Gasteiger partial charge >= 0.3 is 5.97 Å². The zero-order chi connectivity index (χ0) is 14.0. The molecule has 19 heavy (non-hydrogen) atoms. The van der Waals surface area contributed by atoms with Crippen LogP contribution in [0.15, 0.2) is 36.5 Å². The molecule has 94 valence electrons. The van der Waals surface area contributed by atoms with Crippen LogP contribution in [0.2, 0.25) is 0 Å². The molecule has 0 aliphatic rings. The molecule has 1 heterocycles. The average Bonchev–Trinajstić information content (AvgIpc) is 2.85. The molecule has 0 unspecified atom stereocenters. The van der Waals surface area contributed by atoms with Crippen LogP contribution in [0.5, 0.6) is 0 Å². The Kier molecular flexibility index (Phi) is 3.00. The molecule has 1 aromatic carbocycles. The molecule has 0 amide bonds. The Labute approximate surface area is 107 Å². The third-order valence-corrected chi connectivity index (χ3v) is 2.54. The van der Waals surface area contributed by atoms with E-state index in [0.717, 1.165) is 12.1 Å². The molecule has 0 saturated heterocycles. The van der Waals surface area contributed by atoms with E-state index in [1.54, 1.807) is 6.07 Å². The number of hydrogen-bond donors (Lipinski definition) is 1. The first-order valence-electron chi connectivity index (χ1n) is 5.14. The second-order valence-corrected chi connectivity index (χ2v) is 3.64. The minimum absolute atomic E-state index is 0.0476. The van der Waals surface area contributed by atoms with Crippen LogP contribution in [0, 0.1) is 21.4 Å². The van der Waals surface area contributed by atoms with Crippen LogP contribution < -0.4 is 0 Å². The SMILES string of the molecule is N#Cc1cccn1-c1cc(C(=O)O)ccc1[N+](=O)[O-]. The van der Waals surface area contributed by atoms with Gasteiger partial charge < -0.3 is 9.67 Å². The average molecular weight is 257 g/mol. The van der Waals surface area contributed by atoms with Gasteiger partial charge in [0, 0.05) is 12.3 Å². The first kappa shape index (κ1) is 12.3. The molecule has 1 N–H and O–H groups in total. The number of rotatable bonds is 3. The van der Waals surface area contributed by atoms with Gasteiger partial charge in [-0.3, -0.25) is 10.1 Å². The molecule has 0 spiro atoms. The summed E-state index contributed by atoms with van der Waals surface area (Å²) in [6.45, 7) is 0. The highest BCUT2D eigenvalue weighted by molar-refractivity contribution is 5.89. The smallest absolute Gasteiger partial charge is 0.335 e. The molecule has 0 aliphatic carbocycles. The lowest BCUT2D eigenvalue weighted by atomic mass is 10.1. The maximum atomic E-state index is 11.0. The van der Waals surface area contributed by atoms with E-state index in [1.807, 2.05) is 6.07 Å². The highest BCUT2D eigenvalue weighted by Gasteiger charge is 2.19. The maximum absolute atomic E-state index is 11.0. The van der Waals surface area contributed by atoms with E-state index >= 15 is 0 Å². The Morgan fingerprint density at radius 1 is 1.42 bits per heavy atom. The van der Waals surface area contributed by atoms with E-state index < -0.39 is 10.9 Å². The molecule has 2 aromatic rings. The van der Waals surface area contributed by atoms with Crippen molar-refractivity contribution < 1.29 is 14.8 Å². The third kappa shape index (κ3) is 2.14. The van der Waals surface area contributed by atoms with E-state index in [4.69, 9.17) is 10.4 Å². The lowest BCUT2D eigenvalue weighted by molar-refractivity contribution is -0.384. The van der Waals surface area contributed by atoms with E-state index in [1.165, 1.54) is 22.9 Å². The first-order chi connectivity index (χ1) is 9.04. The number of nitro benzene ring substituents is 1. The fourth-order valence-electron chi connectivity index (χ4n) is 1.69. The van der Waals surface area contributed by atoms with Gasteiger partial charge in [-0.1, -0.05) is 0 Å². The molecule has 2 rings (SSSR count). The summed E-state index contributed by atoms with van der Waals surface area (Å²) >= 11 is 0. The van der Waals surface area contributed by atoms with Crippen LogP contribution in [0.25, 0.3) is 5.69 Å². The van der Waals surface area contributed by atoms with Gasteiger partial charge in [-0.05, 0) is 24.3 Å². The van der Waals surface area contributed by atoms with Crippen LogP contribution in [0.1, 0.15) is 16.1 Å². The van der Waals surface area contributed by atoms with Crippen LogP contribution in [-0.2, 0) is 0 Å². The van der Waals surface area contributed by atoms with E-state index in [0.29, 0.717) is 0 Å². The molecule has 7 heteroatoms. The summed E-state index contributed by atoms with van der Waals surface area (Å²) < 4.78 is 1.28. The lowest BCUT2D eigenvalue weighted by Crippen LogP contribution is -2.04. The summed E-state index contributed by atoms with van der Waals surface area (Å²) in [5, 5.41) is 28.8. The van der Waals surface area contributed by atoms with Gasteiger partial charge in [0.1, 0.15) is 17.5 Å². The number of aromatic nitrogens is 1. The maximum Gasteiger partial charge on any atom is 0.335 e. The van der Waals surface area contributed by atoms with Crippen molar-refractivity contribution >= 4 is 11.7 Å². The fraction of sp³-hybridized carbons (Fsp3) is 0. The normalized spacial score (nSPS) is 9.84. The van der Waals surface area contributed by atoms with E-state index in [9.17, 15) is 14.9 Å². The van der Waals surface area contributed by atoms with Crippen molar-refractivity contribution in [1.29, 1.82) is 5.26 Å². The van der Waals surface area contributed by atoms with Gasteiger partial charge in [0.25, 0.3) is 5.69 Å². The van der Waals surface area contributed by atoms with Crippen molar-refractivity contribution in [1.82, 2.24) is 4.57 Å². The molecule has 0 radical (unpaired) electrons. The first-order valence-corrected chi connectivity index (χ1v) is 5.14. The number of hydrogen-bond acceptors (Lipinski definition) is 4. The quantitative estimate of drug-likeness (QED) is 0.667. The van der Waals surface area contributed by atoms with Gasteiger partial charge in [0.2, 0.25) is 0 Å². The standard InChI is InChI=1S/C12H7N3O4/c13-7-9-2-1-5-14(9)11-6-8(12(16)17)3-4-10(11)15(18)19/h1-6H,(H,16,17). The Hall–Kier alpha value is -3.14. The van der Waals surface area contributed by atoms with E-state index in [2.05, 4.69) is 0 Å². The molecule has 0 bridgehead atoms. The van der Waals surface area contributed by atoms with Crippen LogP contribution >= 0.6 is 0 Å². The number of nitro groups is 1. The van der Waals surface area contributed by atoms with Crippen molar-refractivity contribution in [2.75, 3.05) is 0 Å². The zero-order valence-corrected chi connectivity index (χ0v) is 9.48. The Morgan fingerprint density at radius 3 is 2.74 bits per heavy atom. The number of benzene rings is 1. The van der Waals surface area contributed by atoms with Gasteiger partial charge in [-0.15, -0.1) is 0 Å². The summed E-state index contributed by atoms with van der Waals surface area (Å²) in [6.07, 6.45) is 1.46. The van der Waals surface area contributed by atoms with Crippen molar-refractivity contribution in [2.24, 2.45) is 0 Å². The minimum Gasteiger partial charge on any atom is -0.478 e. The molecular formula is C12H7N3O4. The van der Waals surface area contributed by atoms with Crippen molar-refractivity contribution in [2.45, 2.75) is 0 Å². The minimum atomic E-state index is -1.19. The summed E-state index contributed by atoms with van der Waals surface area (Å²) in [6, 6.07) is 8.35. The largest absolute Gasteiger partial charge is 0.478 e. The molecule has 0 aliphatic heterocycles. The number of nitrogens with zero attached hydrogens (tertiary/aromatic N) is 3. The Balaban J connectivity index is 2.72. The van der Waals surface area contributed by atoms with Gasteiger partial charge in [0.15, 0.2) is 0 Å². The molecule has 0 saturated carbocycles. The molecule has 0 atom stereocenters. The highest BCUT2D eigenvalue weighted by Crippen LogP contribution is 2.25. The second kappa shape index (κ2) is 4.62. The lowest BCUT2D eigenvalue weighted by Gasteiger charge is -2.06. The molecule has 7 nitrogen and oxygen atoms in total. The van der Waals surface area contributed by atoms with Gasteiger partial charge in [-0.25, -0.2) is 4.79 Å². The third-order valence-electron chi connectivity index (χ3n) is 2.54. The number of aromatic carboxylic acids is 1. The van der Waals surface area contributed by atoms with E-state index in [-0.39, 0.29) is 22.6 Å². The Bertz CT molecular complexity index is 712. The van der Waals surface area contributed by atoms with Gasteiger partial charge in [-0.2, -0.15) is 5.26 Å². The number of carbonyl (C=O) groups is 1. The summed E-state index contributed by atoms with van der Waals surface area (Å²) in [7, 11) is 0.